The van der Waals surface area contributed by atoms with Crippen LogP contribution in [0.2, 0.25) is 0 Å². The van der Waals surface area contributed by atoms with E-state index in [1.54, 1.807) is 35.7 Å². The van der Waals surface area contributed by atoms with E-state index in [1.807, 2.05) is 0 Å². The third-order valence-electron chi connectivity index (χ3n) is 6.89. The summed E-state index contributed by atoms with van der Waals surface area (Å²) in [5.74, 6) is 0.654. The highest BCUT2D eigenvalue weighted by atomic mass is 32.2. The summed E-state index contributed by atoms with van der Waals surface area (Å²) in [4.78, 5) is 2.55. The molecular formula is C22H36N2O4S. The zero-order valence-electron chi connectivity index (χ0n) is 18.1. The van der Waals surface area contributed by atoms with E-state index in [0.29, 0.717) is 23.7 Å². The fraction of sp³-hybridized carbons (Fsp3) is 0.727. The molecule has 164 valence electrons. The number of benzene rings is 1. The van der Waals surface area contributed by atoms with E-state index in [1.165, 1.54) is 0 Å². The van der Waals surface area contributed by atoms with E-state index in [-0.39, 0.29) is 5.41 Å². The number of sulfonamides is 1. The first-order valence-electron chi connectivity index (χ1n) is 10.8. The molecule has 0 atom stereocenters. The smallest absolute Gasteiger partial charge is 0.243 e. The molecule has 1 aromatic rings. The molecule has 0 aromatic heterocycles. The molecule has 1 spiro atoms. The number of hydrogen-bond acceptors (Lipinski definition) is 5. The molecule has 1 aromatic carbocycles. The van der Waals surface area contributed by atoms with Crippen LogP contribution in [0.3, 0.4) is 0 Å². The lowest BCUT2D eigenvalue weighted by Gasteiger charge is -2.48. The van der Waals surface area contributed by atoms with Gasteiger partial charge in [-0.25, -0.2) is 8.42 Å². The summed E-state index contributed by atoms with van der Waals surface area (Å²) in [5, 5.41) is 11.0. The van der Waals surface area contributed by atoms with Crippen molar-refractivity contribution in [3.8, 4) is 5.75 Å². The van der Waals surface area contributed by atoms with Crippen LogP contribution in [0.15, 0.2) is 29.2 Å². The summed E-state index contributed by atoms with van der Waals surface area (Å²) < 4.78 is 32.7. The zero-order chi connectivity index (χ0) is 21.1. The van der Waals surface area contributed by atoms with Crippen molar-refractivity contribution >= 4 is 10.0 Å². The van der Waals surface area contributed by atoms with Crippen LogP contribution in [0, 0.1) is 5.41 Å². The summed E-state index contributed by atoms with van der Waals surface area (Å²) in [6.07, 6.45) is 6.44. The summed E-state index contributed by atoms with van der Waals surface area (Å²) in [5.41, 5.74) is -0.414. The minimum absolute atomic E-state index is 0.182. The molecule has 0 radical (unpaired) electrons. The van der Waals surface area contributed by atoms with Crippen molar-refractivity contribution in [1.29, 1.82) is 0 Å². The van der Waals surface area contributed by atoms with Gasteiger partial charge in [0.1, 0.15) is 5.75 Å². The average Bonchev–Trinajstić information content (AvgIpc) is 2.71. The zero-order valence-corrected chi connectivity index (χ0v) is 18.9. The molecule has 2 aliphatic rings. The number of aliphatic hydroxyl groups is 1. The number of methoxy groups -OCH3 is 1. The first kappa shape index (κ1) is 22.5. The van der Waals surface area contributed by atoms with Gasteiger partial charge in [0.2, 0.25) is 10.0 Å². The minimum atomic E-state index is -3.47. The highest BCUT2D eigenvalue weighted by Gasteiger charge is 2.45. The van der Waals surface area contributed by atoms with Gasteiger partial charge in [-0.15, -0.1) is 0 Å². The Morgan fingerprint density at radius 3 is 2.17 bits per heavy atom. The van der Waals surface area contributed by atoms with E-state index in [0.717, 1.165) is 58.0 Å². The number of nitrogens with zero attached hydrogens (tertiary/aromatic N) is 2. The van der Waals surface area contributed by atoms with E-state index in [4.69, 9.17) is 4.74 Å². The molecule has 1 aliphatic carbocycles. The van der Waals surface area contributed by atoms with Gasteiger partial charge in [-0.1, -0.05) is 6.92 Å². The minimum Gasteiger partial charge on any atom is -0.497 e. The Labute approximate surface area is 175 Å². The quantitative estimate of drug-likeness (QED) is 0.728. The molecule has 0 bridgehead atoms. The van der Waals surface area contributed by atoms with Crippen LogP contribution < -0.4 is 4.74 Å². The standard InChI is InChI=1S/C22H36N2O4S/c1-4-15-23(2)18-22(25)11-9-21(10-12-22)13-16-24(17-14-21)29(26,27)20-7-5-19(28-3)6-8-20/h5-8,25H,4,9-18H2,1-3H3. The fourth-order valence-corrected chi connectivity index (χ4v) is 6.41. The number of likely N-dealkylation sites (N-methyl/N-ethyl adjacent to an activating group) is 1. The number of piperidine rings is 1. The van der Waals surface area contributed by atoms with Crippen molar-refractivity contribution < 1.29 is 18.3 Å². The van der Waals surface area contributed by atoms with Gasteiger partial charge in [0.05, 0.1) is 17.6 Å². The number of hydrogen-bond donors (Lipinski definition) is 1. The van der Waals surface area contributed by atoms with Crippen LogP contribution in [0.1, 0.15) is 51.9 Å². The van der Waals surface area contributed by atoms with E-state index in [9.17, 15) is 13.5 Å². The summed E-state index contributed by atoms with van der Waals surface area (Å²) in [6.45, 7) is 5.01. The van der Waals surface area contributed by atoms with Gasteiger partial charge in [0.25, 0.3) is 0 Å². The highest BCUT2D eigenvalue weighted by Crippen LogP contribution is 2.48. The molecule has 1 heterocycles. The molecule has 0 unspecified atom stereocenters. The SMILES string of the molecule is CCCN(C)CC1(O)CCC2(CCN(S(=O)(=O)c3ccc(OC)cc3)CC2)CC1. The maximum absolute atomic E-state index is 13.0. The fourth-order valence-electron chi connectivity index (χ4n) is 4.96. The molecule has 7 heteroatoms. The predicted octanol–water partition coefficient (Wildman–Crippen LogP) is 3.11. The van der Waals surface area contributed by atoms with Gasteiger partial charge in [-0.3, -0.25) is 0 Å². The largest absolute Gasteiger partial charge is 0.497 e. The van der Waals surface area contributed by atoms with Crippen molar-refractivity contribution in [3.05, 3.63) is 24.3 Å². The second-order valence-electron chi connectivity index (χ2n) is 9.04. The lowest BCUT2D eigenvalue weighted by molar-refractivity contribution is -0.0621. The molecule has 29 heavy (non-hydrogen) atoms. The Balaban J connectivity index is 1.57. The van der Waals surface area contributed by atoms with Crippen LogP contribution in [-0.4, -0.2) is 68.7 Å². The monoisotopic (exact) mass is 424 g/mol. The lowest BCUT2D eigenvalue weighted by atomic mass is 9.64. The third kappa shape index (κ3) is 5.13. The van der Waals surface area contributed by atoms with E-state index >= 15 is 0 Å². The Morgan fingerprint density at radius 1 is 1.07 bits per heavy atom. The van der Waals surface area contributed by atoms with Crippen molar-refractivity contribution in [3.63, 3.8) is 0 Å². The molecule has 1 saturated heterocycles. The predicted molar refractivity (Wildman–Crippen MR) is 115 cm³/mol. The molecule has 0 amide bonds. The van der Waals surface area contributed by atoms with Gasteiger partial charge < -0.3 is 14.7 Å². The number of ether oxygens (including phenoxy) is 1. The van der Waals surface area contributed by atoms with Gasteiger partial charge in [0.15, 0.2) is 0 Å². The maximum Gasteiger partial charge on any atom is 0.243 e. The van der Waals surface area contributed by atoms with Crippen molar-refractivity contribution in [1.82, 2.24) is 9.21 Å². The summed E-state index contributed by atoms with van der Waals surface area (Å²) in [6, 6.07) is 6.61. The van der Waals surface area contributed by atoms with Gasteiger partial charge in [0, 0.05) is 19.6 Å². The second kappa shape index (κ2) is 8.92. The summed E-state index contributed by atoms with van der Waals surface area (Å²) >= 11 is 0. The first-order chi connectivity index (χ1) is 13.7. The van der Waals surface area contributed by atoms with Gasteiger partial charge >= 0.3 is 0 Å². The Hall–Kier alpha value is -1.15. The second-order valence-corrected chi connectivity index (χ2v) is 11.0. The summed E-state index contributed by atoms with van der Waals surface area (Å²) in [7, 11) is 0.182. The van der Waals surface area contributed by atoms with Crippen molar-refractivity contribution in [2.45, 2.75) is 62.4 Å². The van der Waals surface area contributed by atoms with Crippen LogP contribution in [-0.2, 0) is 10.0 Å². The third-order valence-corrected chi connectivity index (χ3v) is 8.80. The molecule has 1 saturated carbocycles. The number of rotatable bonds is 7. The van der Waals surface area contributed by atoms with Crippen LogP contribution >= 0.6 is 0 Å². The molecule has 1 N–H and O–H groups in total. The molecule has 1 aliphatic heterocycles. The van der Waals surface area contributed by atoms with Crippen molar-refractivity contribution in [2.24, 2.45) is 5.41 Å². The van der Waals surface area contributed by atoms with Crippen LogP contribution in [0.4, 0.5) is 0 Å². The van der Waals surface area contributed by atoms with Crippen molar-refractivity contribution in [2.75, 3.05) is 40.3 Å². The first-order valence-corrected chi connectivity index (χ1v) is 12.2. The van der Waals surface area contributed by atoms with Gasteiger partial charge in [-0.2, -0.15) is 4.31 Å². The molecule has 6 nitrogen and oxygen atoms in total. The van der Waals surface area contributed by atoms with Crippen LogP contribution in [0.5, 0.6) is 5.75 Å². The van der Waals surface area contributed by atoms with Crippen LogP contribution in [0.25, 0.3) is 0 Å². The van der Waals surface area contributed by atoms with Gasteiger partial charge in [-0.05, 0) is 88.2 Å². The Bertz CT molecular complexity index is 761. The lowest BCUT2D eigenvalue weighted by Crippen LogP contribution is -2.50. The molecule has 3 rings (SSSR count). The highest BCUT2D eigenvalue weighted by molar-refractivity contribution is 7.89. The Kier molecular flexibility index (Phi) is 6.93. The molecule has 2 fully saturated rings. The molecular weight excluding hydrogens is 388 g/mol. The van der Waals surface area contributed by atoms with E-state index in [2.05, 4.69) is 18.9 Å². The maximum atomic E-state index is 13.0. The average molecular weight is 425 g/mol. The van der Waals surface area contributed by atoms with E-state index < -0.39 is 15.6 Å². The topological polar surface area (TPSA) is 70.1 Å². The normalized spacial score (nSPS) is 22.1. The Morgan fingerprint density at radius 2 is 1.66 bits per heavy atom.